The molecule has 0 atom stereocenters. The van der Waals surface area contributed by atoms with Gasteiger partial charge in [0.15, 0.2) is 9.84 Å². The highest BCUT2D eigenvalue weighted by Crippen LogP contribution is 2.13. The van der Waals surface area contributed by atoms with Gasteiger partial charge in [-0.3, -0.25) is 4.79 Å². The van der Waals surface area contributed by atoms with E-state index in [4.69, 9.17) is 0 Å². The third-order valence-electron chi connectivity index (χ3n) is 4.12. The molecule has 1 amide bonds. The van der Waals surface area contributed by atoms with Gasteiger partial charge >= 0.3 is 0 Å². The van der Waals surface area contributed by atoms with Crippen LogP contribution in [0.4, 0.5) is 0 Å². The van der Waals surface area contributed by atoms with E-state index < -0.39 is 9.84 Å². The second-order valence-corrected chi connectivity index (χ2v) is 8.40. The van der Waals surface area contributed by atoms with Crippen molar-refractivity contribution in [2.24, 2.45) is 0 Å². The number of carbonyl (C=O) groups excluding carboxylic acids is 1. The van der Waals surface area contributed by atoms with Gasteiger partial charge in [0.05, 0.1) is 22.5 Å². The number of benzene rings is 2. The first-order valence-corrected chi connectivity index (χ1v) is 10.2. The van der Waals surface area contributed by atoms with Crippen molar-refractivity contribution in [2.45, 2.75) is 24.8 Å². The molecule has 140 valence electrons. The Balaban J connectivity index is 1.51. The summed E-state index contributed by atoms with van der Waals surface area (Å²) in [7, 11) is -3.46. The fourth-order valence-electron chi connectivity index (χ4n) is 2.55. The maximum absolute atomic E-state index is 12.3. The van der Waals surface area contributed by atoms with E-state index in [2.05, 4.69) is 10.4 Å². The minimum Gasteiger partial charge on any atom is -0.352 e. The first-order valence-electron chi connectivity index (χ1n) is 8.59. The van der Waals surface area contributed by atoms with E-state index in [1.54, 1.807) is 35.1 Å². The number of aryl methyl sites for hydroxylation is 1. The Labute approximate surface area is 158 Å². The number of rotatable bonds is 7. The summed E-state index contributed by atoms with van der Waals surface area (Å²) in [6.45, 7) is 2.19. The third-order valence-corrected chi connectivity index (χ3v) is 5.86. The Bertz CT molecular complexity index is 1010. The second-order valence-electron chi connectivity index (χ2n) is 6.29. The van der Waals surface area contributed by atoms with Crippen LogP contribution in [0, 0.1) is 6.92 Å². The first kappa shape index (κ1) is 18.8. The smallest absolute Gasteiger partial charge is 0.221 e. The number of nitrogens with one attached hydrogen (secondary N) is 1. The lowest BCUT2D eigenvalue weighted by atomic mass is 10.2. The van der Waals surface area contributed by atoms with Gasteiger partial charge in [-0.25, -0.2) is 13.1 Å². The summed E-state index contributed by atoms with van der Waals surface area (Å²) in [5.74, 6) is -0.524. The van der Waals surface area contributed by atoms with Gasteiger partial charge in [0, 0.05) is 24.7 Å². The molecule has 0 aliphatic heterocycles. The lowest BCUT2D eigenvalue weighted by molar-refractivity contribution is -0.120. The van der Waals surface area contributed by atoms with Gasteiger partial charge in [0.25, 0.3) is 0 Å². The highest BCUT2D eigenvalue weighted by molar-refractivity contribution is 7.91. The summed E-state index contributed by atoms with van der Waals surface area (Å²) >= 11 is 0. The topological polar surface area (TPSA) is 81.1 Å². The monoisotopic (exact) mass is 383 g/mol. The average molecular weight is 383 g/mol. The van der Waals surface area contributed by atoms with Gasteiger partial charge in [0.1, 0.15) is 0 Å². The molecule has 0 spiro atoms. The van der Waals surface area contributed by atoms with Gasteiger partial charge in [0.2, 0.25) is 5.91 Å². The Morgan fingerprint density at radius 2 is 1.78 bits per heavy atom. The van der Waals surface area contributed by atoms with Gasteiger partial charge in [-0.2, -0.15) is 5.10 Å². The SMILES string of the molecule is Cc1ccc(S(=O)(=O)CCC(=O)NCc2cnn(-c3ccccc3)c2)cc1. The van der Waals surface area contributed by atoms with Crippen LogP contribution in [0.1, 0.15) is 17.5 Å². The normalized spacial score (nSPS) is 11.3. The van der Waals surface area contributed by atoms with Crippen LogP contribution >= 0.6 is 0 Å². The molecule has 3 aromatic rings. The molecule has 2 aromatic carbocycles. The number of carbonyl (C=O) groups is 1. The number of para-hydroxylation sites is 1. The molecule has 0 saturated heterocycles. The van der Waals surface area contributed by atoms with Crippen molar-refractivity contribution in [3.63, 3.8) is 0 Å². The maximum atomic E-state index is 12.3. The molecule has 6 nitrogen and oxygen atoms in total. The van der Waals surface area contributed by atoms with E-state index in [1.807, 2.05) is 43.5 Å². The summed E-state index contributed by atoms with van der Waals surface area (Å²) < 4.78 is 26.3. The first-order chi connectivity index (χ1) is 12.9. The molecular formula is C20H21N3O3S. The van der Waals surface area contributed by atoms with Crippen LogP contribution in [0.25, 0.3) is 5.69 Å². The van der Waals surface area contributed by atoms with E-state index >= 15 is 0 Å². The van der Waals surface area contributed by atoms with Crippen molar-refractivity contribution in [3.05, 3.63) is 78.1 Å². The molecule has 0 aliphatic rings. The Morgan fingerprint density at radius 3 is 2.48 bits per heavy atom. The fourth-order valence-corrected chi connectivity index (χ4v) is 3.79. The van der Waals surface area contributed by atoms with Gasteiger partial charge in [-0.1, -0.05) is 35.9 Å². The minimum absolute atomic E-state index is 0.0803. The van der Waals surface area contributed by atoms with Crippen LogP contribution in [0.3, 0.4) is 0 Å². The van der Waals surface area contributed by atoms with Crippen molar-refractivity contribution >= 4 is 15.7 Å². The summed E-state index contributed by atoms with van der Waals surface area (Å²) in [4.78, 5) is 12.3. The Hall–Kier alpha value is -2.93. The van der Waals surface area contributed by atoms with Crippen LogP contribution < -0.4 is 5.32 Å². The molecule has 27 heavy (non-hydrogen) atoms. The van der Waals surface area contributed by atoms with Crippen molar-refractivity contribution in [3.8, 4) is 5.69 Å². The van der Waals surface area contributed by atoms with Gasteiger partial charge in [-0.05, 0) is 31.2 Å². The van der Waals surface area contributed by atoms with E-state index in [1.165, 1.54) is 0 Å². The largest absolute Gasteiger partial charge is 0.352 e. The lowest BCUT2D eigenvalue weighted by Crippen LogP contribution is -2.25. The molecular weight excluding hydrogens is 362 g/mol. The number of amides is 1. The average Bonchev–Trinajstić information content (AvgIpc) is 3.15. The molecule has 1 N–H and O–H groups in total. The van der Waals surface area contributed by atoms with Crippen LogP contribution in [-0.2, 0) is 21.2 Å². The third kappa shape index (κ3) is 5.04. The quantitative estimate of drug-likeness (QED) is 0.680. The highest BCUT2D eigenvalue weighted by atomic mass is 32.2. The summed E-state index contributed by atoms with van der Waals surface area (Å²) in [6.07, 6.45) is 3.43. The number of sulfone groups is 1. The van der Waals surface area contributed by atoms with Crippen LogP contribution in [-0.4, -0.2) is 29.9 Å². The van der Waals surface area contributed by atoms with Crippen molar-refractivity contribution < 1.29 is 13.2 Å². The van der Waals surface area contributed by atoms with Crippen LogP contribution in [0.5, 0.6) is 0 Å². The summed E-state index contributed by atoms with van der Waals surface area (Å²) in [5, 5.41) is 7.01. The molecule has 0 radical (unpaired) electrons. The van der Waals surface area contributed by atoms with Crippen LogP contribution in [0.2, 0.25) is 0 Å². The van der Waals surface area contributed by atoms with Crippen molar-refractivity contribution in [1.82, 2.24) is 15.1 Å². The zero-order valence-electron chi connectivity index (χ0n) is 15.0. The lowest BCUT2D eigenvalue weighted by Gasteiger charge is -2.06. The Morgan fingerprint density at radius 1 is 1.07 bits per heavy atom. The predicted octanol–water partition coefficient (Wildman–Crippen LogP) is 2.66. The Kier molecular flexibility index (Phi) is 5.71. The molecule has 0 fully saturated rings. The second kappa shape index (κ2) is 8.18. The number of hydrogen-bond acceptors (Lipinski definition) is 4. The zero-order valence-corrected chi connectivity index (χ0v) is 15.8. The van der Waals surface area contributed by atoms with E-state index in [0.29, 0.717) is 6.54 Å². The van der Waals surface area contributed by atoms with Crippen LogP contribution in [0.15, 0.2) is 71.9 Å². The van der Waals surface area contributed by atoms with E-state index in [-0.39, 0.29) is 23.0 Å². The molecule has 3 rings (SSSR count). The molecule has 7 heteroatoms. The van der Waals surface area contributed by atoms with Gasteiger partial charge in [-0.15, -0.1) is 0 Å². The zero-order chi connectivity index (χ0) is 19.3. The summed E-state index contributed by atoms with van der Waals surface area (Å²) in [5.41, 5.74) is 2.76. The maximum Gasteiger partial charge on any atom is 0.221 e. The van der Waals surface area contributed by atoms with Gasteiger partial charge < -0.3 is 5.32 Å². The highest BCUT2D eigenvalue weighted by Gasteiger charge is 2.16. The summed E-state index contributed by atoms with van der Waals surface area (Å²) in [6, 6.07) is 16.3. The molecule has 0 unspecified atom stereocenters. The minimum atomic E-state index is -3.46. The van der Waals surface area contributed by atoms with Crippen molar-refractivity contribution in [1.29, 1.82) is 0 Å². The molecule has 0 bridgehead atoms. The standard InChI is InChI=1S/C20H21N3O3S/c1-16-7-9-19(10-8-16)27(25,26)12-11-20(24)21-13-17-14-22-23(15-17)18-5-3-2-4-6-18/h2-10,14-15H,11-13H2,1H3,(H,21,24). The number of nitrogens with zero attached hydrogens (tertiary/aromatic N) is 2. The molecule has 1 aromatic heterocycles. The van der Waals surface area contributed by atoms with E-state index in [9.17, 15) is 13.2 Å². The predicted molar refractivity (Wildman–Crippen MR) is 103 cm³/mol. The van der Waals surface area contributed by atoms with E-state index in [0.717, 1.165) is 16.8 Å². The fraction of sp³-hybridized carbons (Fsp3) is 0.200. The van der Waals surface area contributed by atoms with Crippen molar-refractivity contribution in [2.75, 3.05) is 5.75 Å². The molecule has 1 heterocycles. The molecule has 0 aliphatic carbocycles. The number of aromatic nitrogens is 2. The molecule has 0 saturated carbocycles. The number of hydrogen-bond donors (Lipinski definition) is 1.